The van der Waals surface area contributed by atoms with Crippen LogP contribution in [0.2, 0.25) is 0 Å². The summed E-state index contributed by atoms with van der Waals surface area (Å²) in [6.45, 7) is 7.86. The number of amides is 1. The average Bonchev–Trinajstić information content (AvgIpc) is 3.19. The lowest BCUT2D eigenvalue weighted by Gasteiger charge is -2.54. The zero-order valence-corrected chi connectivity index (χ0v) is 14.2. The van der Waals surface area contributed by atoms with Gasteiger partial charge in [0.2, 0.25) is 5.91 Å². The van der Waals surface area contributed by atoms with Gasteiger partial charge in [0.25, 0.3) is 0 Å². The first-order chi connectivity index (χ1) is 11.1. The minimum Gasteiger partial charge on any atom is -0.393 e. The second-order valence-corrected chi connectivity index (χ2v) is 8.32. The maximum absolute atomic E-state index is 12.5. The Morgan fingerprint density at radius 2 is 2.00 bits per heavy atom. The zero-order valence-electron chi connectivity index (χ0n) is 14.2. The van der Waals surface area contributed by atoms with E-state index in [1.807, 2.05) is 4.90 Å². The maximum Gasteiger partial charge on any atom is 0.226 e. The van der Waals surface area contributed by atoms with E-state index < -0.39 is 0 Å². The molecule has 0 radical (unpaired) electrons. The van der Waals surface area contributed by atoms with Crippen LogP contribution in [0, 0.1) is 17.8 Å². The van der Waals surface area contributed by atoms with Gasteiger partial charge in [0.1, 0.15) is 0 Å². The number of rotatable bonds is 6. The largest absolute Gasteiger partial charge is 0.393 e. The molecule has 5 heteroatoms. The zero-order chi connectivity index (χ0) is 16.0. The Balaban J connectivity index is 1.35. The van der Waals surface area contributed by atoms with Crippen LogP contribution < -0.4 is 0 Å². The van der Waals surface area contributed by atoms with Gasteiger partial charge in [-0.25, -0.2) is 0 Å². The smallest absolute Gasteiger partial charge is 0.226 e. The van der Waals surface area contributed by atoms with Gasteiger partial charge in [-0.15, -0.1) is 0 Å². The van der Waals surface area contributed by atoms with Crippen LogP contribution in [0.15, 0.2) is 0 Å². The summed E-state index contributed by atoms with van der Waals surface area (Å²) < 4.78 is 5.66. The third-order valence-corrected chi connectivity index (χ3v) is 6.30. The molecule has 2 aliphatic carbocycles. The van der Waals surface area contributed by atoms with Gasteiger partial charge in [-0.2, -0.15) is 0 Å². The van der Waals surface area contributed by atoms with Crippen LogP contribution in [0.1, 0.15) is 39.0 Å². The predicted octanol–water partition coefficient (Wildman–Crippen LogP) is 1.11. The van der Waals surface area contributed by atoms with Gasteiger partial charge in [-0.05, 0) is 50.9 Å². The van der Waals surface area contributed by atoms with Crippen molar-refractivity contribution >= 4 is 5.91 Å². The molecule has 2 heterocycles. The second kappa shape index (κ2) is 6.01. The quantitative estimate of drug-likeness (QED) is 0.796. The van der Waals surface area contributed by atoms with E-state index in [0.717, 1.165) is 38.8 Å². The van der Waals surface area contributed by atoms with Crippen LogP contribution in [0.5, 0.6) is 0 Å². The van der Waals surface area contributed by atoms with E-state index in [-0.39, 0.29) is 23.5 Å². The minimum atomic E-state index is -0.243. The summed E-state index contributed by atoms with van der Waals surface area (Å²) in [6.07, 6.45) is 5.03. The van der Waals surface area contributed by atoms with Gasteiger partial charge in [-0.3, -0.25) is 9.69 Å². The molecule has 5 nitrogen and oxygen atoms in total. The molecule has 4 aliphatic rings. The summed E-state index contributed by atoms with van der Waals surface area (Å²) in [4.78, 5) is 17.2. The number of nitrogens with zero attached hydrogens (tertiary/aromatic N) is 2. The van der Waals surface area contributed by atoms with Gasteiger partial charge >= 0.3 is 0 Å². The first-order valence-corrected chi connectivity index (χ1v) is 9.39. The number of carbonyl (C=O) groups excluding carboxylic acids is 1. The lowest BCUT2D eigenvalue weighted by Crippen LogP contribution is -2.70. The van der Waals surface area contributed by atoms with Crippen molar-refractivity contribution in [2.45, 2.75) is 50.7 Å². The summed E-state index contributed by atoms with van der Waals surface area (Å²) >= 11 is 0. The Hall–Kier alpha value is -0.650. The fraction of sp³-hybridized carbons (Fsp3) is 0.944. The standard InChI is InChI=1S/C18H30N2O3/c1-2-23-10-14-7-18(20(9-14)8-13-3-4-13)11-19(12-18)17(22)15-5-16(21)6-15/h13-16,21H,2-12H2,1H3/t14-,15?,16?/m0/s1. The van der Waals surface area contributed by atoms with Gasteiger partial charge in [0.15, 0.2) is 0 Å². The normalized spacial score (nSPS) is 36.1. The van der Waals surface area contributed by atoms with Crippen molar-refractivity contribution in [1.82, 2.24) is 9.80 Å². The first kappa shape index (κ1) is 15.9. The molecule has 2 aliphatic heterocycles. The fourth-order valence-corrected chi connectivity index (χ4v) is 4.71. The maximum atomic E-state index is 12.5. The van der Waals surface area contributed by atoms with E-state index in [1.54, 1.807) is 0 Å². The Bertz CT molecular complexity index is 453. The van der Waals surface area contributed by atoms with E-state index in [9.17, 15) is 9.90 Å². The van der Waals surface area contributed by atoms with E-state index >= 15 is 0 Å². The third-order valence-electron chi connectivity index (χ3n) is 6.30. The number of ether oxygens (including phenoxy) is 1. The lowest BCUT2D eigenvalue weighted by atomic mass is 9.78. The van der Waals surface area contributed by atoms with Gasteiger partial charge in [0, 0.05) is 38.7 Å². The molecule has 0 unspecified atom stereocenters. The van der Waals surface area contributed by atoms with Crippen LogP contribution >= 0.6 is 0 Å². The monoisotopic (exact) mass is 322 g/mol. The van der Waals surface area contributed by atoms with Crippen molar-refractivity contribution < 1.29 is 14.6 Å². The summed E-state index contributed by atoms with van der Waals surface area (Å²) in [5, 5.41) is 9.42. The molecule has 2 saturated carbocycles. The Kier molecular flexibility index (Phi) is 4.14. The molecular formula is C18H30N2O3. The van der Waals surface area contributed by atoms with E-state index in [0.29, 0.717) is 18.8 Å². The Morgan fingerprint density at radius 1 is 1.26 bits per heavy atom. The highest BCUT2D eigenvalue weighted by molar-refractivity contribution is 5.81. The highest BCUT2D eigenvalue weighted by atomic mass is 16.5. The lowest BCUT2D eigenvalue weighted by molar-refractivity contribution is -0.155. The Morgan fingerprint density at radius 3 is 2.61 bits per heavy atom. The third kappa shape index (κ3) is 3.03. The van der Waals surface area contributed by atoms with Crippen molar-refractivity contribution in [3.63, 3.8) is 0 Å². The SMILES string of the molecule is CCOC[C@@H]1CN(CC2CC2)C2(C1)CN(C(=O)C1CC(O)C1)C2. The molecule has 1 atom stereocenters. The van der Waals surface area contributed by atoms with Crippen molar-refractivity contribution in [2.24, 2.45) is 17.8 Å². The van der Waals surface area contributed by atoms with Gasteiger partial charge < -0.3 is 14.7 Å². The average molecular weight is 322 g/mol. The second-order valence-electron chi connectivity index (χ2n) is 8.32. The molecule has 23 heavy (non-hydrogen) atoms. The van der Waals surface area contributed by atoms with Crippen LogP contribution in [0.3, 0.4) is 0 Å². The number of aliphatic hydroxyl groups is 1. The van der Waals surface area contributed by atoms with Crippen LogP contribution in [-0.2, 0) is 9.53 Å². The van der Waals surface area contributed by atoms with Crippen molar-refractivity contribution in [1.29, 1.82) is 0 Å². The summed E-state index contributed by atoms with van der Waals surface area (Å²) in [7, 11) is 0. The molecule has 1 N–H and O–H groups in total. The fourth-order valence-electron chi connectivity index (χ4n) is 4.71. The molecule has 0 aromatic heterocycles. The number of hydrogen-bond acceptors (Lipinski definition) is 4. The van der Waals surface area contributed by atoms with Gasteiger partial charge in [0.05, 0.1) is 18.2 Å². The van der Waals surface area contributed by atoms with Crippen molar-refractivity contribution in [2.75, 3.05) is 39.4 Å². The summed E-state index contributed by atoms with van der Waals surface area (Å²) in [5.41, 5.74) is 0.225. The minimum absolute atomic E-state index is 0.0832. The predicted molar refractivity (Wildman–Crippen MR) is 86.9 cm³/mol. The van der Waals surface area contributed by atoms with E-state index in [4.69, 9.17) is 4.74 Å². The topological polar surface area (TPSA) is 53.0 Å². The van der Waals surface area contributed by atoms with Crippen LogP contribution in [0.4, 0.5) is 0 Å². The molecule has 4 rings (SSSR count). The first-order valence-electron chi connectivity index (χ1n) is 9.39. The number of aliphatic hydroxyl groups excluding tert-OH is 1. The highest BCUT2D eigenvalue weighted by Crippen LogP contribution is 2.44. The van der Waals surface area contributed by atoms with E-state index in [1.165, 1.54) is 25.8 Å². The van der Waals surface area contributed by atoms with Crippen molar-refractivity contribution in [3.8, 4) is 0 Å². The van der Waals surface area contributed by atoms with Crippen LogP contribution in [-0.4, -0.2) is 71.8 Å². The summed E-state index contributed by atoms with van der Waals surface area (Å²) in [5.74, 6) is 1.88. The van der Waals surface area contributed by atoms with Gasteiger partial charge in [-0.1, -0.05) is 0 Å². The van der Waals surface area contributed by atoms with E-state index in [2.05, 4.69) is 11.8 Å². The molecule has 0 bridgehead atoms. The summed E-state index contributed by atoms with van der Waals surface area (Å²) in [6, 6.07) is 0. The molecule has 0 aromatic rings. The molecule has 4 fully saturated rings. The Labute approximate surface area is 139 Å². The number of carbonyl (C=O) groups is 1. The molecule has 2 saturated heterocycles. The van der Waals surface area contributed by atoms with Crippen molar-refractivity contribution in [3.05, 3.63) is 0 Å². The van der Waals surface area contributed by atoms with Crippen LogP contribution in [0.25, 0.3) is 0 Å². The molecule has 1 spiro atoms. The molecular weight excluding hydrogens is 292 g/mol. The molecule has 130 valence electrons. The molecule has 0 aromatic carbocycles. The number of likely N-dealkylation sites (tertiary alicyclic amines) is 2. The highest BCUT2D eigenvalue weighted by Gasteiger charge is 2.56. The molecule has 1 amide bonds. The number of hydrogen-bond donors (Lipinski definition) is 1.